The van der Waals surface area contributed by atoms with Crippen molar-refractivity contribution in [2.45, 2.75) is 6.10 Å². The van der Waals surface area contributed by atoms with E-state index in [-0.39, 0.29) is 5.82 Å². The molecule has 1 nitrogen and oxygen atoms in total. The van der Waals surface area contributed by atoms with Gasteiger partial charge < -0.3 is 5.11 Å². The summed E-state index contributed by atoms with van der Waals surface area (Å²) in [6.07, 6.45) is -0.843. The lowest BCUT2D eigenvalue weighted by Gasteiger charge is -2.08. The average Bonchev–Trinajstić information content (AvgIpc) is 2.58. The summed E-state index contributed by atoms with van der Waals surface area (Å²) < 4.78 is 13.7. The first-order valence-corrected chi connectivity index (χ1v) is 6.45. The Morgan fingerprint density at radius 2 is 2.12 bits per heavy atom. The molecule has 84 valence electrons. The molecule has 0 radical (unpaired) electrons. The van der Waals surface area contributed by atoms with Crippen molar-refractivity contribution in [1.82, 2.24) is 0 Å². The minimum Gasteiger partial charge on any atom is -0.383 e. The van der Waals surface area contributed by atoms with E-state index in [4.69, 9.17) is 11.6 Å². The summed E-state index contributed by atoms with van der Waals surface area (Å²) in [5, 5.41) is 10.6. The van der Waals surface area contributed by atoms with Crippen LogP contribution in [0.5, 0.6) is 0 Å². The van der Waals surface area contributed by atoms with E-state index >= 15 is 0 Å². The molecule has 0 bridgehead atoms. The van der Waals surface area contributed by atoms with Gasteiger partial charge in [-0.2, -0.15) is 0 Å². The van der Waals surface area contributed by atoms with Gasteiger partial charge in [0.2, 0.25) is 0 Å². The normalized spacial score (nSPS) is 12.8. The zero-order valence-corrected chi connectivity index (χ0v) is 11.1. The van der Waals surface area contributed by atoms with Gasteiger partial charge in [0.05, 0.1) is 8.81 Å². The second-order valence-electron chi connectivity index (χ2n) is 3.23. The minimum atomic E-state index is -0.843. The second-order valence-corrected chi connectivity index (χ2v) is 6.04. The summed E-state index contributed by atoms with van der Waals surface area (Å²) in [7, 11) is 0. The Hall–Kier alpha value is -0.420. The molecule has 0 amide bonds. The fraction of sp³-hybridized carbons (Fsp3) is 0.0909. The fourth-order valence-corrected chi connectivity index (χ4v) is 3.10. The van der Waals surface area contributed by atoms with Crippen molar-refractivity contribution < 1.29 is 9.50 Å². The monoisotopic (exact) mass is 320 g/mol. The molecule has 1 aromatic heterocycles. The molecule has 0 saturated heterocycles. The number of thiophene rings is 1. The molecule has 1 heterocycles. The molecule has 1 aromatic carbocycles. The zero-order valence-electron chi connectivity index (χ0n) is 7.95. The van der Waals surface area contributed by atoms with Gasteiger partial charge in [0.15, 0.2) is 0 Å². The molecule has 2 aromatic rings. The smallest absolute Gasteiger partial charge is 0.123 e. The van der Waals surface area contributed by atoms with Gasteiger partial charge in [-0.05, 0) is 39.7 Å². The van der Waals surface area contributed by atoms with E-state index in [9.17, 15) is 9.50 Å². The van der Waals surface area contributed by atoms with E-state index in [1.165, 1.54) is 23.5 Å². The predicted octanol–water partition coefficient (Wildman–Crippen LogP) is 4.38. The molecular formula is C11H7BrClFOS. The average molecular weight is 322 g/mol. The number of halogens is 3. The summed E-state index contributed by atoms with van der Waals surface area (Å²) >= 11 is 10.5. The van der Waals surface area contributed by atoms with Gasteiger partial charge in [-0.25, -0.2) is 4.39 Å². The third kappa shape index (κ3) is 2.46. The first-order valence-electron chi connectivity index (χ1n) is 4.46. The third-order valence-corrected chi connectivity index (χ3v) is 4.63. The van der Waals surface area contributed by atoms with Crippen molar-refractivity contribution in [1.29, 1.82) is 0 Å². The Balaban J connectivity index is 2.35. The van der Waals surface area contributed by atoms with E-state index in [0.717, 1.165) is 3.79 Å². The third-order valence-electron chi connectivity index (χ3n) is 2.10. The van der Waals surface area contributed by atoms with Gasteiger partial charge in [0, 0.05) is 4.88 Å². The van der Waals surface area contributed by atoms with Gasteiger partial charge in [0.1, 0.15) is 11.9 Å². The molecule has 5 heteroatoms. The molecule has 2 rings (SSSR count). The summed E-state index contributed by atoms with van der Waals surface area (Å²) in [5.41, 5.74) is 0.519. The van der Waals surface area contributed by atoms with E-state index < -0.39 is 6.10 Å². The summed E-state index contributed by atoms with van der Waals surface area (Å²) in [6, 6.07) is 7.57. The standard InChI is InChI=1S/C11H7BrClFOS/c12-11-8(13)5-9(16-11)10(15)6-2-1-3-7(14)4-6/h1-5,10,15H. The van der Waals surface area contributed by atoms with Crippen LogP contribution in [-0.4, -0.2) is 5.11 Å². The summed E-state index contributed by atoms with van der Waals surface area (Å²) in [6.45, 7) is 0. The first-order chi connectivity index (χ1) is 7.58. The first kappa shape index (κ1) is 12.0. The lowest BCUT2D eigenvalue weighted by Crippen LogP contribution is -1.97. The maximum absolute atomic E-state index is 13.0. The van der Waals surface area contributed by atoms with E-state index in [2.05, 4.69) is 15.9 Å². The zero-order chi connectivity index (χ0) is 11.7. The van der Waals surface area contributed by atoms with Crippen LogP contribution in [0, 0.1) is 5.82 Å². The van der Waals surface area contributed by atoms with Crippen molar-refractivity contribution in [3.63, 3.8) is 0 Å². The fourth-order valence-electron chi connectivity index (χ4n) is 1.34. The summed E-state index contributed by atoms with van der Waals surface area (Å²) in [5.74, 6) is -0.363. The van der Waals surface area contributed by atoms with Crippen LogP contribution in [0.3, 0.4) is 0 Å². The SMILES string of the molecule is OC(c1cccc(F)c1)c1cc(Cl)c(Br)s1. The van der Waals surface area contributed by atoms with E-state index in [0.29, 0.717) is 15.5 Å². The number of aliphatic hydroxyl groups excluding tert-OH is 1. The number of hydrogen-bond donors (Lipinski definition) is 1. The lowest BCUT2D eigenvalue weighted by atomic mass is 10.1. The largest absolute Gasteiger partial charge is 0.383 e. The van der Waals surface area contributed by atoms with Crippen LogP contribution in [0.4, 0.5) is 4.39 Å². The molecule has 1 atom stereocenters. The quantitative estimate of drug-likeness (QED) is 0.870. The molecule has 1 unspecified atom stereocenters. The highest BCUT2D eigenvalue weighted by Gasteiger charge is 2.15. The second kappa shape index (κ2) is 4.84. The number of hydrogen-bond acceptors (Lipinski definition) is 2. The molecule has 0 aliphatic rings. The van der Waals surface area contributed by atoms with Crippen LogP contribution in [0.1, 0.15) is 16.5 Å². The molecule has 16 heavy (non-hydrogen) atoms. The van der Waals surface area contributed by atoms with Crippen molar-refractivity contribution in [2.24, 2.45) is 0 Å². The highest BCUT2D eigenvalue weighted by atomic mass is 79.9. The van der Waals surface area contributed by atoms with Gasteiger partial charge in [-0.1, -0.05) is 23.7 Å². The van der Waals surface area contributed by atoms with Crippen LogP contribution in [-0.2, 0) is 0 Å². The number of aliphatic hydroxyl groups is 1. The van der Waals surface area contributed by atoms with Gasteiger partial charge in [-0.15, -0.1) is 11.3 Å². The Morgan fingerprint density at radius 1 is 1.38 bits per heavy atom. The van der Waals surface area contributed by atoms with Gasteiger partial charge in [0.25, 0.3) is 0 Å². The Labute approximate surface area is 110 Å². The minimum absolute atomic E-state index is 0.363. The number of benzene rings is 1. The molecular weight excluding hydrogens is 315 g/mol. The van der Waals surface area contributed by atoms with Gasteiger partial charge >= 0.3 is 0 Å². The van der Waals surface area contributed by atoms with E-state index in [1.54, 1.807) is 18.2 Å². The highest BCUT2D eigenvalue weighted by Crippen LogP contribution is 2.37. The highest BCUT2D eigenvalue weighted by molar-refractivity contribution is 9.11. The van der Waals surface area contributed by atoms with Crippen LogP contribution in [0.15, 0.2) is 34.1 Å². The van der Waals surface area contributed by atoms with Crippen molar-refractivity contribution >= 4 is 38.9 Å². The maximum Gasteiger partial charge on any atom is 0.123 e. The summed E-state index contributed by atoms with van der Waals surface area (Å²) in [4.78, 5) is 0.683. The van der Waals surface area contributed by atoms with Crippen LogP contribution in [0.2, 0.25) is 5.02 Å². The number of rotatable bonds is 2. The maximum atomic E-state index is 13.0. The molecule has 0 aliphatic heterocycles. The van der Waals surface area contributed by atoms with E-state index in [1.807, 2.05) is 0 Å². The molecule has 0 fully saturated rings. The lowest BCUT2D eigenvalue weighted by molar-refractivity contribution is 0.223. The Kier molecular flexibility index (Phi) is 3.64. The molecule has 1 N–H and O–H groups in total. The van der Waals surface area contributed by atoms with Crippen molar-refractivity contribution in [3.05, 3.63) is 55.4 Å². The Bertz CT molecular complexity index is 495. The molecule has 0 spiro atoms. The topological polar surface area (TPSA) is 20.2 Å². The van der Waals surface area contributed by atoms with Crippen LogP contribution < -0.4 is 0 Å². The van der Waals surface area contributed by atoms with Crippen LogP contribution >= 0.6 is 38.9 Å². The predicted molar refractivity (Wildman–Crippen MR) is 67.5 cm³/mol. The molecule has 0 saturated carbocycles. The molecule has 0 aliphatic carbocycles. The van der Waals surface area contributed by atoms with Crippen LogP contribution in [0.25, 0.3) is 0 Å². The van der Waals surface area contributed by atoms with Crippen molar-refractivity contribution in [2.75, 3.05) is 0 Å². The van der Waals surface area contributed by atoms with Crippen molar-refractivity contribution in [3.8, 4) is 0 Å². The van der Waals surface area contributed by atoms with Gasteiger partial charge in [-0.3, -0.25) is 0 Å². The Morgan fingerprint density at radius 3 is 2.69 bits per heavy atom.